The van der Waals surface area contributed by atoms with Crippen LogP contribution in [0.5, 0.6) is 5.75 Å². The van der Waals surface area contributed by atoms with Gasteiger partial charge in [-0.2, -0.15) is 4.31 Å². The van der Waals surface area contributed by atoms with Crippen LogP contribution in [0.3, 0.4) is 0 Å². The Balaban J connectivity index is 1.31. The smallest absolute Gasteiger partial charge is 0.243 e. The first-order valence-corrected chi connectivity index (χ1v) is 15.2. The van der Waals surface area contributed by atoms with Gasteiger partial charge < -0.3 is 10.1 Å². The first-order chi connectivity index (χ1) is 19.3. The third-order valence-electron chi connectivity index (χ3n) is 7.64. The number of aromatic nitrogens is 2. The van der Waals surface area contributed by atoms with E-state index < -0.39 is 10.0 Å². The van der Waals surface area contributed by atoms with Gasteiger partial charge in [-0.1, -0.05) is 56.3 Å². The van der Waals surface area contributed by atoms with E-state index in [0.717, 1.165) is 33.6 Å². The predicted octanol–water partition coefficient (Wildman–Crippen LogP) is 5.44. The number of benzene rings is 3. The Kier molecular flexibility index (Phi) is 8.35. The fraction of sp³-hybridized carbons (Fsp3) is 0.355. The van der Waals surface area contributed by atoms with Crippen molar-refractivity contribution in [3.8, 4) is 5.75 Å². The second-order valence-electron chi connectivity index (χ2n) is 10.5. The minimum Gasteiger partial charge on any atom is -0.496 e. The largest absolute Gasteiger partial charge is 0.496 e. The number of para-hydroxylation sites is 2. The average Bonchev–Trinajstić information content (AvgIpc) is 2.99. The van der Waals surface area contributed by atoms with Crippen LogP contribution in [0.25, 0.3) is 10.9 Å². The van der Waals surface area contributed by atoms with Crippen LogP contribution in [-0.2, 0) is 16.6 Å². The molecule has 40 heavy (non-hydrogen) atoms. The number of methoxy groups -OCH3 is 1. The molecule has 2 heterocycles. The van der Waals surface area contributed by atoms with E-state index in [9.17, 15) is 8.42 Å². The molecular weight excluding hydrogens is 522 g/mol. The molecule has 210 valence electrons. The van der Waals surface area contributed by atoms with E-state index in [-0.39, 0.29) is 6.04 Å². The second kappa shape index (κ2) is 11.9. The van der Waals surface area contributed by atoms with Gasteiger partial charge in [-0.3, -0.25) is 4.90 Å². The molecule has 5 rings (SSSR count). The number of nitrogens with zero attached hydrogens (tertiary/aromatic N) is 4. The molecule has 1 atom stereocenters. The van der Waals surface area contributed by atoms with E-state index in [1.807, 2.05) is 60.7 Å². The molecule has 9 heteroatoms. The molecule has 1 N–H and O–H groups in total. The van der Waals surface area contributed by atoms with Crippen molar-refractivity contribution < 1.29 is 13.2 Å². The van der Waals surface area contributed by atoms with Gasteiger partial charge in [-0.15, -0.1) is 0 Å². The van der Waals surface area contributed by atoms with Gasteiger partial charge >= 0.3 is 0 Å². The summed E-state index contributed by atoms with van der Waals surface area (Å²) in [7, 11) is -1.87. The Morgan fingerprint density at radius 2 is 1.55 bits per heavy atom. The molecule has 0 bridgehead atoms. The number of fused-ring (bicyclic) bond motifs is 1. The van der Waals surface area contributed by atoms with Crippen molar-refractivity contribution in [2.75, 3.05) is 38.6 Å². The van der Waals surface area contributed by atoms with Crippen LogP contribution in [0.2, 0.25) is 0 Å². The molecule has 3 aromatic carbocycles. The van der Waals surface area contributed by atoms with Crippen LogP contribution in [0, 0.1) is 0 Å². The molecule has 0 saturated carbocycles. The highest BCUT2D eigenvalue weighted by atomic mass is 32.2. The number of sulfonamides is 1. The molecule has 8 nitrogen and oxygen atoms in total. The molecule has 0 aliphatic carbocycles. The third-order valence-corrected chi connectivity index (χ3v) is 9.55. The van der Waals surface area contributed by atoms with Crippen LogP contribution in [0.1, 0.15) is 49.7 Å². The molecule has 4 aromatic rings. The van der Waals surface area contributed by atoms with Gasteiger partial charge in [-0.25, -0.2) is 18.4 Å². The fourth-order valence-electron chi connectivity index (χ4n) is 5.11. The van der Waals surface area contributed by atoms with Crippen LogP contribution in [0.15, 0.2) is 77.7 Å². The van der Waals surface area contributed by atoms with Crippen molar-refractivity contribution in [3.63, 3.8) is 0 Å². The summed E-state index contributed by atoms with van der Waals surface area (Å²) < 4.78 is 33.7. The highest BCUT2D eigenvalue weighted by Gasteiger charge is 2.31. The van der Waals surface area contributed by atoms with Crippen molar-refractivity contribution in [3.05, 3.63) is 89.7 Å². The van der Waals surface area contributed by atoms with Crippen molar-refractivity contribution in [1.29, 1.82) is 0 Å². The third kappa shape index (κ3) is 5.82. The Hall–Kier alpha value is -3.53. The van der Waals surface area contributed by atoms with Crippen LogP contribution < -0.4 is 10.1 Å². The summed E-state index contributed by atoms with van der Waals surface area (Å²) in [6.45, 7) is 8.90. The molecule has 0 spiro atoms. The van der Waals surface area contributed by atoms with Crippen molar-refractivity contribution in [2.24, 2.45) is 0 Å². The summed E-state index contributed by atoms with van der Waals surface area (Å²) in [5.74, 6) is 2.66. The molecule has 1 aliphatic rings. The van der Waals surface area contributed by atoms with Gasteiger partial charge in [0.05, 0.1) is 23.6 Å². The summed E-state index contributed by atoms with van der Waals surface area (Å²) in [6, 6.07) is 23.1. The summed E-state index contributed by atoms with van der Waals surface area (Å²) in [5, 5.41) is 4.45. The summed E-state index contributed by atoms with van der Waals surface area (Å²) in [5.41, 5.74) is 3.04. The Morgan fingerprint density at radius 1 is 0.875 bits per heavy atom. The van der Waals surface area contributed by atoms with Gasteiger partial charge in [-0.05, 0) is 48.7 Å². The maximum absolute atomic E-state index is 13.3. The van der Waals surface area contributed by atoms with Gasteiger partial charge in [0.1, 0.15) is 17.4 Å². The Bertz CT molecular complexity index is 1570. The highest BCUT2D eigenvalue weighted by molar-refractivity contribution is 7.89. The predicted molar refractivity (Wildman–Crippen MR) is 159 cm³/mol. The monoisotopic (exact) mass is 559 g/mol. The summed E-state index contributed by atoms with van der Waals surface area (Å²) in [6.07, 6.45) is 0. The summed E-state index contributed by atoms with van der Waals surface area (Å²) >= 11 is 0. The van der Waals surface area contributed by atoms with Gasteiger partial charge in [0.2, 0.25) is 10.0 Å². The lowest BCUT2D eigenvalue weighted by Gasteiger charge is -2.37. The maximum Gasteiger partial charge on any atom is 0.243 e. The molecule has 0 unspecified atom stereocenters. The highest BCUT2D eigenvalue weighted by Crippen LogP contribution is 2.28. The minimum atomic E-state index is -3.54. The fourth-order valence-corrected chi connectivity index (χ4v) is 6.53. The second-order valence-corrected chi connectivity index (χ2v) is 12.4. The van der Waals surface area contributed by atoms with E-state index >= 15 is 0 Å². The lowest BCUT2D eigenvalue weighted by atomic mass is 10.0. The first-order valence-electron chi connectivity index (χ1n) is 13.7. The van der Waals surface area contributed by atoms with Crippen molar-refractivity contribution >= 4 is 26.7 Å². The average molecular weight is 560 g/mol. The quantitative estimate of drug-likeness (QED) is 0.292. The van der Waals surface area contributed by atoms with E-state index in [1.54, 1.807) is 23.5 Å². The van der Waals surface area contributed by atoms with Gasteiger partial charge in [0.15, 0.2) is 0 Å². The lowest BCUT2D eigenvalue weighted by molar-refractivity contribution is 0.141. The number of hydrogen-bond donors (Lipinski definition) is 1. The van der Waals surface area contributed by atoms with E-state index in [0.29, 0.717) is 49.4 Å². The number of anilines is 1. The Labute approximate surface area is 237 Å². The van der Waals surface area contributed by atoms with E-state index in [2.05, 4.69) is 31.0 Å². The molecule has 1 aromatic heterocycles. The molecule has 1 fully saturated rings. The molecular formula is C31H37N5O3S. The van der Waals surface area contributed by atoms with Gasteiger partial charge in [0.25, 0.3) is 0 Å². The first kappa shape index (κ1) is 28.0. The topological polar surface area (TPSA) is 87.7 Å². The summed E-state index contributed by atoms with van der Waals surface area (Å²) in [4.78, 5) is 12.4. The number of nitrogens with one attached hydrogen (secondary N) is 1. The maximum atomic E-state index is 13.3. The zero-order valence-electron chi connectivity index (χ0n) is 23.5. The van der Waals surface area contributed by atoms with Crippen molar-refractivity contribution in [2.45, 2.75) is 44.2 Å². The number of rotatable bonds is 9. The zero-order valence-corrected chi connectivity index (χ0v) is 24.4. The molecule has 1 aliphatic heterocycles. The Morgan fingerprint density at radius 3 is 2.25 bits per heavy atom. The van der Waals surface area contributed by atoms with Crippen LogP contribution >= 0.6 is 0 Å². The SMILES string of the molecule is COc1ccccc1CNc1nc([C@@H](C)N2CCN(S(=O)(=O)c3ccc(C(C)C)cc3)CC2)nc2ccccc12. The normalized spacial score (nSPS) is 15.8. The molecule has 1 saturated heterocycles. The molecule has 0 amide bonds. The number of piperazine rings is 1. The standard InChI is InChI=1S/C31H37N5O3S/c1-22(2)24-13-15-26(16-14-24)40(37,38)36-19-17-35(18-20-36)23(3)30-33-28-11-7-6-10-27(28)31(34-30)32-21-25-9-5-8-12-29(25)39-4/h5-16,22-23H,17-21H2,1-4H3,(H,32,33,34)/t23-/m1/s1. The zero-order chi connectivity index (χ0) is 28.3. The van der Waals surface area contributed by atoms with Crippen LogP contribution in [-0.4, -0.2) is 60.9 Å². The van der Waals surface area contributed by atoms with E-state index in [1.165, 1.54) is 0 Å². The van der Waals surface area contributed by atoms with Crippen LogP contribution in [0.4, 0.5) is 5.82 Å². The number of ether oxygens (including phenoxy) is 1. The number of hydrogen-bond acceptors (Lipinski definition) is 7. The lowest BCUT2D eigenvalue weighted by Crippen LogP contribution is -2.49. The van der Waals surface area contributed by atoms with Crippen molar-refractivity contribution in [1.82, 2.24) is 19.2 Å². The van der Waals surface area contributed by atoms with Gasteiger partial charge in [0, 0.05) is 43.7 Å². The van der Waals surface area contributed by atoms with E-state index in [4.69, 9.17) is 14.7 Å². The molecule has 0 radical (unpaired) electrons. The minimum absolute atomic E-state index is 0.0772.